The van der Waals surface area contributed by atoms with Crippen molar-refractivity contribution < 1.29 is 4.79 Å². The van der Waals surface area contributed by atoms with E-state index >= 15 is 0 Å². The van der Waals surface area contributed by atoms with E-state index in [1.807, 2.05) is 42.2 Å². The summed E-state index contributed by atoms with van der Waals surface area (Å²) >= 11 is 0. The second kappa shape index (κ2) is 7.07. The lowest BCUT2D eigenvalue weighted by molar-refractivity contribution is -0.122. The van der Waals surface area contributed by atoms with E-state index in [0.29, 0.717) is 13.1 Å². The Morgan fingerprint density at radius 3 is 2.41 bits per heavy atom. The molecule has 0 bridgehead atoms. The topological polar surface area (TPSA) is 46.3 Å². The fourth-order valence-corrected chi connectivity index (χ4v) is 1.98. The largest absolute Gasteiger partial charge is 0.330 e. The van der Waals surface area contributed by atoms with Crippen molar-refractivity contribution in [2.24, 2.45) is 11.7 Å². The third kappa shape index (κ3) is 3.56. The number of para-hydroxylation sites is 1. The van der Waals surface area contributed by atoms with Gasteiger partial charge in [-0.3, -0.25) is 4.79 Å². The monoisotopic (exact) mass is 234 g/mol. The van der Waals surface area contributed by atoms with E-state index in [2.05, 4.69) is 6.92 Å². The highest BCUT2D eigenvalue weighted by molar-refractivity contribution is 5.95. The second-order valence-electron chi connectivity index (χ2n) is 4.14. The summed E-state index contributed by atoms with van der Waals surface area (Å²) in [7, 11) is 0. The summed E-state index contributed by atoms with van der Waals surface area (Å²) in [5.41, 5.74) is 6.64. The maximum atomic E-state index is 12.3. The highest BCUT2D eigenvalue weighted by atomic mass is 16.2. The summed E-state index contributed by atoms with van der Waals surface area (Å²) in [6.07, 6.45) is 1.85. The predicted molar refractivity (Wildman–Crippen MR) is 71.9 cm³/mol. The van der Waals surface area contributed by atoms with Gasteiger partial charge in [0, 0.05) is 18.8 Å². The molecule has 0 aliphatic heterocycles. The molecule has 0 heterocycles. The third-order valence-electron chi connectivity index (χ3n) is 2.92. The Morgan fingerprint density at radius 2 is 1.94 bits per heavy atom. The van der Waals surface area contributed by atoms with Crippen LogP contribution in [0.5, 0.6) is 0 Å². The average molecular weight is 234 g/mol. The minimum Gasteiger partial charge on any atom is -0.330 e. The average Bonchev–Trinajstić information content (AvgIpc) is 2.38. The summed E-state index contributed by atoms with van der Waals surface area (Å²) in [6, 6.07) is 9.77. The van der Waals surface area contributed by atoms with Gasteiger partial charge in [0.1, 0.15) is 0 Å². The summed E-state index contributed by atoms with van der Waals surface area (Å²) in [4.78, 5) is 14.2. The van der Waals surface area contributed by atoms with Crippen molar-refractivity contribution in [1.29, 1.82) is 0 Å². The number of hydrogen-bond acceptors (Lipinski definition) is 2. The van der Waals surface area contributed by atoms with Gasteiger partial charge in [-0.05, 0) is 25.5 Å². The summed E-state index contributed by atoms with van der Waals surface area (Å²) in [5, 5.41) is 0. The van der Waals surface area contributed by atoms with Crippen LogP contribution in [0.4, 0.5) is 5.69 Å². The molecule has 3 nitrogen and oxygen atoms in total. The van der Waals surface area contributed by atoms with Crippen molar-refractivity contribution >= 4 is 11.6 Å². The zero-order chi connectivity index (χ0) is 12.7. The maximum absolute atomic E-state index is 12.3. The number of rotatable bonds is 6. The van der Waals surface area contributed by atoms with Gasteiger partial charge < -0.3 is 10.6 Å². The molecule has 17 heavy (non-hydrogen) atoms. The number of carbonyl (C=O) groups excluding carboxylic acids is 1. The van der Waals surface area contributed by atoms with E-state index in [1.54, 1.807) is 0 Å². The maximum Gasteiger partial charge on any atom is 0.231 e. The lowest BCUT2D eigenvalue weighted by Crippen LogP contribution is -2.39. The number of carbonyl (C=O) groups is 1. The quantitative estimate of drug-likeness (QED) is 0.821. The Bertz CT molecular complexity index is 337. The van der Waals surface area contributed by atoms with Gasteiger partial charge in [-0.1, -0.05) is 31.5 Å². The van der Waals surface area contributed by atoms with Gasteiger partial charge in [-0.15, -0.1) is 0 Å². The van der Waals surface area contributed by atoms with Crippen molar-refractivity contribution in [3.05, 3.63) is 30.3 Å². The molecule has 0 radical (unpaired) electrons. The van der Waals surface area contributed by atoms with Crippen LogP contribution in [0.2, 0.25) is 0 Å². The van der Waals surface area contributed by atoms with Crippen LogP contribution in [0.3, 0.4) is 0 Å². The molecular formula is C14H22N2O. The highest BCUT2D eigenvalue weighted by Gasteiger charge is 2.22. The molecule has 0 spiro atoms. The first-order valence-corrected chi connectivity index (χ1v) is 6.31. The molecule has 0 saturated heterocycles. The molecule has 0 saturated carbocycles. The normalized spacial score (nSPS) is 12.2. The zero-order valence-corrected chi connectivity index (χ0v) is 10.7. The lowest BCUT2D eigenvalue weighted by atomic mass is 10.0. The molecule has 3 heteroatoms. The van der Waals surface area contributed by atoms with Crippen molar-refractivity contribution in [3.8, 4) is 0 Å². The Balaban J connectivity index is 2.83. The molecule has 0 aliphatic carbocycles. The van der Waals surface area contributed by atoms with Gasteiger partial charge in [-0.2, -0.15) is 0 Å². The first-order valence-electron chi connectivity index (χ1n) is 6.31. The fourth-order valence-electron chi connectivity index (χ4n) is 1.98. The molecular weight excluding hydrogens is 212 g/mol. The van der Waals surface area contributed by atoms with Crippen molar-refractivity contribution in [2.45, 2.75) is 26.7 Å². The molecule has 1 aromatic rings. The Kier molecular flexibility index (Phi) is 5.70. The van der Waals surface area contributed by atoms with Crippen molar-refractivity contribution in [2.75, 3.05) is 18.0 Å². The van der Waals surface area contributed by atoms with Crippen LogP contribution in [0.15, 0.2) is 30.3 Å². The van der Waals surface area contributed by atoms with E-state index in [9.17, 15) is 4.79 Å². The highest BCUT2D eigenvalue weighted by Crippen LogP contribution is 2.17. The van der Waals surface area contributed by atoms with Crippen molar-refractivity contribution in [3.63, 3.8) is 0 Å². The van der Waals surface area contributed by atoms with Gasteiger partial charge in [0.15, 0.2) is 0 Å². The third-order valence-corrected chi connectivity index (χ3v) is 2.92. The summed E-state index contributed by atoms with van der Waals surface area (Å²) < 4.78 is 0. The molecule has 1 unspecified atom stereocenters. The number of benzene rings is 1. The van der Waals surface area contributed by atoms with Crippen LogP contribution >= 0.6 is 0 Å². The molecule has 2 N–H and O–H groups in total. The number of amides is 1. The second-order valence-corrected chi connectivity index (χ2v) is 4.14. The predicted octanol–water partition coefficient (Wildman–Crippen LogP) is 2.41. The number of nitrogens with two attached hydrogens (primary N) is 1. The van der Waals surface area contributed by atoms with Gasteiger partial charge >= 0.3 is 0 Å². The van der Waals surface area contributed by atoms with Crippen LogP contribution in [0.1, 0.15) is 26.7 Å². The van der Waals surface area contributed by atoms with E-state index in [4.69, 9.17) is 5.73 Å². The number of anilines is 1. The first-order chi connectivity index (χ1) is 8.24. The minimum atomic E-state index is -0.0554. The standard InChI is InChI=1S/C14H22N2O/c1-3-8-12(11-15)14(17)16(4-2)13-9-6-5-7-10-13/h5-7,9-10,12H,3-4,8,11,15H2,1-2H3. The molecule has 1 rings (SSSR count). The van der Waals surface area contributed by atoms with Gasteiger partial charge in [-0.25, -0.2) is 0 Å². The van der Waals surface area contributed by atoms with Crippen LogP contribution in [0.25, 0.3) is 0 Å². The van der Waals surface area contributed by atoms with Crippen LogP contribution in [0, 0.1) is 5.92 Å². The van der Waals surface area contributed by atoms with E-state index in [0.717, 1.165) is 18.5 Å². The van der Waals surface area contributed by atoms with Gasteiger partial charge in [0.25, 0.3) is 0 Å². The Morgan fingerprint density at radius 1 is 1.29 bits per heavy atom. The SMILES string of the molecule is CCCC(CN)C(=O)N(CC)c1ccccc1. The first kappa shape index (κ1) is 13.7. The van der Waals surface area contributed by atoms with Crippen LogP contribution in [-0.2, 0) is 4.79 Å². The molecule has 1 atom stereocenters. The molecule has 1 aromatic carbocycles. The zero-order valence-electron chi connectivity index (χ0n) is 10.7. The van der Waals surface area contributed by atoms with E-state index in [-0.39, 0.29) is 11.8 Å². The fraction of sp³-hybridized carbons (Fsp3) is 0.500. The molecule has 0 aliphatic rings. The molecule has 1 amide bonds. The molecule has 94 valence electrons. The van der Waals surface area contributed by atoms with E-state index < -0.39 is 0 Å². The Hall–Kier alpha value is -1.35. The van der Waals surface area contributed by atoms with Gasteiger partial charge in [0.05, 0.1) is 5.92 Å². The molecule has 0 fully saturated rings. The van der Waals surface area contributed by atoms with Crippen LogP contribution < -0.4 is 10.6 Å². The van der Waals surface area contributed by atoms with Crippen LogP contribution in [-0.4, -0.2) is 19.0 Å². The van der Waals surface area contributed by atoms with Crippen molar-refractivity contribution in [1.82, 2.24) is 0 Å². The number of nitrogens with zero attached hydrogens (tertiary/aromatic N) is 1. The Labute approximate surface area is 104 Å². The summed E-state index contributed by atoms with van der Waals surface area (Å²) in [5.74, 6) is 0.0863. The smallest absolute Gasteiger partial charge is 0.231 e. The summed E-state index contributed by atoms with van der Waals surface area (Å²) in [6.45, 7) is 5.18. The lowest BCUT2D eigenvalue weighted by Gasteiger charge is -2.25. The molecule has 0 aromatic heterocycles. The van der Waals surface area contributed by atoms with Gasteiger partial charge in [0.2, 0.25) is 5.91 Å². The minimum absolute atomic E-state index is 0.0554. The number of hydrogen-bond donors (Lipinski definition) is 1. The van der Waals surface area contributed by atoms with E-state index in [1.165, 1.54) is 0 Å².